The Morgan fingerprint density at radius 3 is 2.19 bits per heavy atom. The minimum absolute atomic E-state index is 0.0368. The molecule has 0 radical (unpaired) electrons. The first-order valence-corrected chi connectivity index (χ1v) is 11.4. The molecule has 1 aliphatic rings. The standard InChI is InChI=1S/C26H39N3O2/c1-7-21(14-16(2)19(5)30)23(17(3)18(4)27)24(28)22-10-8-20(9-11-22)15-29-25(31)26(6)12-13-26/h8-11,16-17,21,27H,7,12-15,28H2,1-6H3,(H,29,31)/b24-23+,27-18?. The summed E-state index contributed by atoms with van der Waals surface area (Å²) in [6.07, 6.45) is 3.54. The number of hydrogen-bond donors (Lipinski definition) is 3. The van der Waals surface area contributed by atoms with E-state index in [2.05, 4.69) is 12.2 Å². The normalized spacial score (nSPS) is 18.4. The highest BCUT2D eigenvalue weighted by Crippen LogP contribution is 2.45. The van der Waals surface area contributed by atoms with E-state index in [9.17, 15) is 9.59 Å². The summed E-state index contributed by atoms with van der Waals surface area (Å²) in [6.45, 7) is 12.1. The fraction of sp³-hybridized carbons (Fsp3) is 0.577. The lowest BCUT2D eigenvalue weighted by Gasteiger charge is -2.28. The van der Waals surface area contributed by atoms with E-state index in [0.29, 0.717) is 18.0 Å². The zero-order valence-electron chi connectivity index (χ0n) is 20.0. The predicted octanol–water partition coefficient (Wildman–Crippen LogP) is 5.09. The van der Waals surface area contributed by atoms with Crippen molar-refractivity contribution in [2.24, 2.45) is 28.9 Å². The molecule has 0 heterocycles. The average molecular weight is 426 g/mol. The Labute approximate surface area is 187 Å². The number of Topliss-reactive ketones (excluding diaryl/α,β-unsaturated/α-hetero) is 1. The Kier molecular flexibility index (Phi) is 8.21. The van der Waals surface area contributed by atoms with Crippen LogP contribution in [0.1, 0.15) is 78.4 Å². The summed E-state index contributed by atoms with van der Waals surface area (Å²) in [7, 11) is 0. The fourth-order valence-electron chi connectivity index (χ4n) is 3.93. The molecule has 0 aromatic heterocycles. The molecule has 2 rings (SSSR count). The van der Waals surface area contributed by atoms with Crippen LogP contribution in [0.25, 0.3) is 5.70 Å². The minimum Gasteiger partial charge on any atom is -0.398 e. The molecule has 5 nitrogen and oxygen atoms in total. The molecule has 5 heteroatoms. The van der Waals surface area contributed by atoms with Gasteiger partial charge in [0.2, 0.25) is 5.91 Å². The molecule has 4 N–H and O–H groups in total. The van der Waals surface area contributed by atoms with Gasteiger partial charge in [-0.2, -0.15) is 0 Å². The number of carbonyl (C=O) groups excluding carboxylic acids is 2. The van der Waals surface area contributed by atoms with Crippen LogP contribution in [-0.2, 0) is 16.1 Å². The summed E-state index contributed by atoms with van der Waals surface area (Å²) in [4.78, 5) is 24.0. The number of hydrogen-bond acceptors (Lipinski definition) is 4. The SMILES string of the molecule is CCC(CC(C)C(C)=O)/C(=C(/N)c1ccc(CNC(=O)C2(C)CC2)cc1)C(C)C(C)=N. The van der Waals surface area contributed by atoms with Crippen LogP contribution < -0.4 is 11.1 Å². The van der Waals surface area contributed by atoms with E-state index in [4.69, 9.17) is 11.1 Å². The third-order valence-corrected chi connectivity index (χ3v) is 6.96. The number of carbonyl (C=O) groups is 2. The fourth-order valence-corrected chi connectivity index (χ4v) is 3.93. The molecule has 31 heavy (non-hydrogen) atoms. The molecule has 0 bridgehead atoms. The van der Waals surface area contributed by atoms with Gasteiger partial charge in [-0.3, -0.25) is 9.59 Å². The van der Waals surface area contributed by atoms with Crippen LogP contribution in [0, 0.1) is 28.6 Å². The molecule has 1 amide bonds. The molecule has 0 saturated heterocycles. The van der Waals surface area contributed by atoms with Crippen molar-refractivity contribution in [2.75, 3.05) is 0 Å². The molecular formula is C26H39N3O2. The Hall–Kier alpha value is -2.43. The van der Waals surface area contributed by atoms with E-state index in [1.54, 1.807) is 6.92 Å². The van der Waals surface area contributed by atoms with Crippen molar-refractivity contribution in [1.82, 2.24) is 5.32 Å². The van der Waals surface area contributed by atoms with E-state index in [1.165, 1.54) is 0 Å². The summed E-state index contributed by atoms with van der Waals surface area (Å²) in [5.74, 6) is 0.334. The zero-order chi connectivity index (χ0) is 23.3. The van der Waals surface area contributed by atoms with Crippen LogP contribution in [0.4, 0.5) is 0 Å². The third kappa shape index (κ3) is 6.28. The third-order valence-electron chi connectivity index (χ3n) is 6.96. The second-order valence-corrected chi connectivity index (χ2v) is 9.57. The lowest BCUT2D eigenvalue weighted by atomic mass is 9.77. The average Bonchev–Trinajstić information content (AvgIpc) is 3.49. The van der Waals surface area contributed by atoms with Gasteiger partial charge in [0, 0.05) is 35.2 Å². The summed E-state index contributed by atoms with van der Waals surface area (Å²) in [6, 6.07) is 7.97. The second-order valence-electron chi connectivity index (χ2n) is 9.57. The van der Waals surface area contributed by atoms with Crippen molar-refractivity contribution in [3.8, 4) is 0 Å². The summed E-state index contributed by atoms with van der Waals surface area (Å²) < 4.78 is 0. The maximum Gasteiger partial charge on any atom is 0.226 e. The summed E-state index contributed by atoms with van der Waals surface area (Å²) in [5.41, 5.74) is 10.8. The van der Waals surface area contributed by atoms with Gasteiger partial charge >= 0.3 is 0 Å². The molecular weight excluding hydrogens is 386 g/mol. The highest BCUT2D eigenvalue weighted by Gasteiger charge is 2.44. The molecule has 1 fully saturated rings. The number of rotatable bonds is 11. The zero-order valence-corrected chi connectivity index (χ0v) is 20.0. The molecule has 1 saturated carbocycles. The van der Waals surface area contributed by atoms with Crippen molar-refractivity contribution in [2.45, 2.75) is 73.8 Å². The number of amides is 1. The molecule has 1 aromatic rings. The quantitative estimate of drug-likeness (QED) is 0.431. The number of nitrogens with two attached hydrogens (primary N) is 1. The van der Waals surface area contributed by atoms with E-state index < -0.39 is 0 Å². The number of benzene rings is 1. The molecule has 0 aliphatic heterocycles. The maximum absolute atomic E-state index is 12.2. The first kappa shape index (κ1) is 24.8. The van der Waals surface area contributed by atoms with Crippen LogP contribution in [0.3, 0.4) is 0 Å². The van der Waals surface area contributed by atoms with Crippen LogP contribution in [0.5, 0.6) is 0 Å². The highest BCUT2D eigenvalue weighted by molar-refractivity contribution is 5.87. The molecule has 3 atom stereocenters. The van der Waals surface area contributed by atoms with Crippen LogP contribution in [-0.4, -0.2) is 17.4 Å². The van der Waals surface area contributed by atoms with Gasteiger partial charge in [0.25, 0.3) is 0 Å². The van der Waals surface area contributed by atoms with Gasteiger partial charge in [-0.05, 0) is 62.1 Å². The Morgan fingerprint density at radius 2 is 1.74 bits per heavy atom. The highest BCUT2D eigenvalue weighted by atomic mass is 16.2. The lowest BCUT2D eigenvalue weighted by molar-refractivity contribution is -0.126. The van der Waals surface area contributed by atoms with E-state index in [0.717, 1.165) is 42.4 Å². The van der Waals surface area contributed by atoms with Crippen molar-refractivity contribution < 1.29 is 9.59 Å². The Morgan fingerprint density at radius 1 is 1.16 bits per heavy atom. The molecule has 3 unspecified atom stereocenters. The minimum atomic E-state index is -0.172. The molecule has 1 aliphatic carbocycles. The lowest BCUT2D eigenvalue weighted by Crippen LogP contribution is -2.29. The van der Waals surface area contributed by atoms with Crippen LogP contribution in [0.15, 0.2) is 29.8 Å². The largest absolute Gasteiger partial charge is 0.398 e. The topological polar surface area (TPSA) is 96.0 Å². The van der Waals surface area contributed by atoms with Crippen molar-refractivity contribution in [3.63, 3.8) is 0 Å². The van der Waals surface area contributed by atoms with Gasteiger partial charge < -0.3 is 16.5 Å². The Balaban J connectivity index is 2.26. The summed E-state index contributed by atoms with van der Waals surface area (Å²) >= 11 is 0. The molecule has 170 valence electrons. The molecule has 0 spiro atoms. The smallest absolute Gasteiger partial charge is 0.226 e. The number of ketones is 1. The first-order chi connectivity index (χ1) is 14.5. The van der Waals surface area contributed by atoms with Gasteiger partial charge in [0.05, 0.1) is 0 Å². The van der Waals surface area contributed by atoms with E-state index in [-0.39, 0.29) is 34.9 Å². The first-order valence-electron chi connectivity index (χ1n) is 11.4. The van der Waals surface area contributed by atoms with Crippen LogP contribution in [0.2, 0.25) is 0 Å². The van der Waals surface area contributed by atoms with E-state index >= 15 is 0 Å². The monoisotopic (exact) mass is 425 g/mol. The van der Waals surface area contributed by atoms with Gasteiger partial charge in [-0.25, -0.2) is 0 Å². The maximum atomic E-state index is 12.2. The van der Waals surface area contributed by atoms with Gasteiger partial charge in [-0.15, -0.1) is 0 Å². The van der Waals surface area contributed by atoms with E-state index in [1.807, 2.05) is 52.0 Å². The van der Waals surface area contributed by atoms with Crippen molar-refractivity contribution >= 4 is 23.1 Å². The predicted molar refractivity (Wildman–Crippen MR) is 128 cm³/mol. The van der Waals surface area contributed by atoms with Gasteiger partial charge in [0.1, 0.15) is 5.78 Å². The second kappa shape index (κ2) is 10.3. The van der Waals surface area contributed by atoms with Gasteiger partial charge in [0.15, 0.2) is 0 Å². The summed E-state index contributed by atoms with van der Waals surface area (Å²) in [5, 5.41) is 11.2. The number of allylic oxidation sites excluding steroid dienone is 1. The molecule has 1 aromatic carbocycles. The van der Waals surface area contributed by atoms with Gasteiger partial charge in [-0.1, -0.05) is 52.0 Å². The Bertz CT molecular complexity index is 850. The van der Waals surface area contributed by atoms with Crippen molar-refractivity contribution in [3.05, 3.63) is 41.0 Å². The van der Waals surface area contributed by atoms with Crippen molar-refractivity contribution in [1.29, 1.82) is 5.41 Å². The number of nitrogens with one attached hydrogen (secondary N) is 2. The van der Waals surface area contributed by atoms with Crippen LogP contribution >= 0.6 is 0 Å².